The molecule has 2 aromatic heterocycles. The molecule has 8 heteroatoms. The van der Waals surface area contributed by atoms with Crippen molar-refractivity contribution in [3.63, 3.8) is 0 Å². The maximum atomic E-state index is 11.0. The lowest BCUT2D eigenvalue weighted by atomic mass is 10.2. The predicted octanol–water partition coefficient (Wildman–Crippen LogP) is 2.33. The van der Waals surface area contributed by atoms with Gasteiger partial charge in [-0.15, -0.1) is 0 Å². The summed E-state index contributed by atoms with van der Waals surface area (Å²) in [6.07, 6.45) is 1.55. The van der Waals surface area contributed by atoms with E-state index in [1.165, 1.54) is 10.7 Å². The maximum absolute atomic E-state index is 11.0. The van der Waals surface area contributed by atoms with Gasteiger partial charge in [-0.25, -0.2) is 14.3 Å². The molecule has 1 atom stereocenters. The molecular weight excluding hydrogens is 296 g/mol. The molecule has 0 aliphatic carbocycles. The second-order valence-corrected chi connectivity index (χ2v) is 5.93. The van der Waals surface area contributed by atoms with E-state index in [9.17, 15) is 4.79 Å². The fraction of sp³-hybridized carbons (Fsp3) is 0.462. The SMILES string of the molecule is CC(C)(C)OCC(OC(N)=O)c1cn2ncc(Cl)cc2n1. The van der Waals surface area contributed by atoms with Crippen LogP contribution in [-0.4, -0.2) is 32.9 Å². The third kappa shape index (κ3) is 4.30. The minimum Gasteiger partial charge on any atom is -0.437 e. The number of imidazole rings is 1. The number of carbonyl (C=O) groups is 1. The largest absolute Gasteiger partial charge is 0.437 e. The molecule has 2 N–H and O–H groups in total. The quantitative estimate of drug-likeness (QED) is 0.935. The Kier molecular flexibility index (Phi) is 4.34. The van der Waals surface area contributed by atoms with Crippen LogP contribution in [0, 0.1) is 0 Å². The number of hydrogen-bond acceptors (Lipinski definition) is 5. The van der Waals surface area contributed by atoms with Crippen molar-refractivity contribution in [2.24, 2.45) is 5.73 Å². The number of nitrogens with zero attached hydrogens (tertiary/aromatic N) is 3. The summed E-state index contributed by atoms with van der Waals surface area (Å²) in [5, 5.41) is 4.55. The molecule has 114 valence electrons. The second-order valence-electron chi connectivity index (χ2n) is 5.49. The van der Waals surface area contributed by atoms with Crippen LogP contribution in [0.1, 0.15) is 32.6 Å². The van der Waals surface area contributed by atoms with E-state index in [4.69, 9.17) is 26.8 Å². The van der Waals surface area contributed by atoms with E-state index in [1.807, 2.05) is 20.8 Å². The first kappa shape index (κ1) is 15.5. The van der Waals surface area contributed by atoms with Gasteiger partial charge >= 0.3 is 6.09 Å². The average molecular weight is 313 g/mol. The van der Waals surface area contributed by atoms with Gasteiger partial charge in [-0.05, 0) is 20.8 Å². The fourth-order valence-electron chi connectivity index (χ4n) is 1.67. The summed E-state index contributed by atoms with van der Waals surface area (Å²) in [5.41, 5.74) is 5.77. The second kappa shape index (κ2) is 5.87. The zero-order chi connectivity index (χ0) is 15.6. The Morgan fingerprint density at radius 1 is 1.52 bits per heavy atom. The number of primary amides is 1. The molecule has 0 saturated heterocycles. The highest BCUT2D eigenvalue weighted by Gasteiger charge is 2.22. The molecule has 0 aliphatic rings. The first-order chi connectivity index (χ1) is 9.74. The molecule has 21 heavy (non-hydrogen) atoms. The van der Waals surface area contributed by atoms with E-state index >= 15 is 0 Å². The molecule has 0 saturated carbocycles. The van der Waals surface area contributed by atoms with E-state index in [1.54, 1.807) is 12.3 Å². The number of ether oxygens (including phenoxy) is 2. The number of nitrogens with two attached hydrogens (primary N) is 1. The number of amides is 1. The van der Waals surface area contributed by atoms with Crippen LogP contribution in [0.5, 0.6) is 0 Å². The van der Waals surface area contributed by atoms with Crippen LogP contribution in [0.2, 0.25) is 5.02 Å². The van der Waals surface area contributed by atoms with Crippen LogP contribution in [0.4, 0.5) is 4.79 Å². The van der Waals surface area contributed by atoms with Crippen molar-refractivity contribution >= 4 is 23.3 Å². The van der Waals surface area contributed by atoms with E-state index in [2.05, 4.69) is 10.1 Å². The van der Waals surface area contributed by atoms with Gasteiger partial charge in [-0.1, -0.05) is 11.6 Å². The lowest BCUT2D eigenvalue weighted by Gasteiger charge is -2.23. The van der Waals surface area contributed by atoms with Crippen LogP contribution < -0.4 is 5.73 Å². The molecule has 1 amide bonds. The Morgan fingerprint density at radius 2 is 2.24 bits per heavy atom. The van der Waals surface area contributed by atoms with Gasteiger partial charge in [0.2, 0.25) is 0 Å². The van der Waals surface area contributed by atoms with E-state index < -0.39 is 12.2 Å². The van der Waals surface area contributed by atoms with E-state index in [0.29, 0.717) is 16.4 Å². The number of fused-ring (bicyclic) bond motifs is 1. The summed E-state index contributed by atoms with van der Waals surface area (Å²) in [6.45, 7) is 5.85. The summed E-state index contributed by atoms with van der Waals surface area (Å²) in [4.78, 5) is 15.4. The topological polar surface area (TPSA) is 91.7 Å². The summed E-state index contributed by atoms with van der Waals surface area (Å²) in [6, 6.07) is 1.66. The zero-order valence-electron chi connectivity index (χ0n) is 12.0. The number of rotatable bonds is 4. The van der Waals surface area contributed by atoms with Crippen molar-refractivity contribution in [2.75, 3.05) is 6.61 Å². The Labute approximate surface area is 127 Å². The lowest BCUT2D eigenvalue weighted by Crippen LogP contribution is -2.26. The van der Waals surface area contributed by atoms with Gasteiger partial charge in [0.15, 0.2) is 11.8 Å². The highest BCUT2D eigenvalue weighted by Crippen LogP contribution is 2.21. The van der Waals surface area contributed by atoms with E-state index in [-0.39, 0.29) is 12.2 Å². The Balaban J connectivity index is 2.26. The van der Waals surface area contributed by atoms with Crippen LogP contribution in [-0.2, 0) is 9.47 Å². The molecule has 0 spiro atoms. The smallest absolute Gasteiger partial charge is 0.405 e. The molecule has 0 fully saturated rings. The van der Waals surface area contributed by atoms with E-state index in [0.717, 1.165) is 0 Å². The lowest BCUT2D eigenvalue weighted by molar-refractivity contribution is -0.0534. The fourth-order valence-corrected chi connectivity index (χ4v) is 1.81. The van der Waals surface area contributed by atoms with Crippen LogP contribution in [0.3, 0.4) is 0 Å². The highest BCUT2D eigenvalue weighted by atomic mass is 35.5. The van der Waals surface area contributed by atoms with Gasteiger partial charge in [-0.2, -0.15) is 5.10 Å². The first-order valence-corrected chi connectivity index (χ1v) is 6.73. The molecule has 0 bridgehead atoms. The van der Waals surface area contributed by atoms with Gasteiger partial charge in [0.25, 0.3) is 0 Å². The standard InChI is InChI=1S/C13H17ClN4O3/c1-13(2,3)20-7-10(21-12(15)19)9-6-18-11(17-9)4-8(14)5-16-18/h4-6,10H,7H2,1-3H3,(H2,15,19). The molecule has 0 aromatic carbocycles. The molecule has 1 unspecified atom stereocenters. The van der Waals surface area contributed by atoms with Crippen molar-refractivity contribution in [1.82, 2.24) is 14.6 Å². The highest BCUT2D eigenvalue weighted by molar-refractivity contribution is 6.30. The van der Waals surface area contributed by atoms with Crippen LogP contribution >= 0.6 is 11.6 Å². The average Bonchev–Trinajstić information content (AvgIpc) is 2.75. The monoisotopic (exact) mass is 312 g/mol. The third-order valence-corrected chi connectivity index (χ3v) is 2.77. The van der Waals surface area contributed by atoms with Gasteiger partial charge in [0.05, 0.1) is 29.6 Å². The van der Waals surface area contributed by atoms with Crippen molar-refractivity contribution in [3.8, 4) is 0 Å². The first-order valence-electron chi connectivity index (χ1n) is 6.35. The summed E-state index contributed by atoms with van der Waals surface area (Å²) >= 11 is 5.87. The van der Waals surface area contributed by atoms with Gasteiger partial charge in [-0.3, -0.25) is 0 Å². The number of hydrogen-bond donors (Lipinski definition) is 1. The predicted molar refractivity (Wildman–Crippen MR) is 77.1 cm³/mol. The summed E-state index contributed by atoms with van der Waals surface area (Å²) in [7, 11) is 0. The Bertz CT molecular complexity index is 650. The van der Waals surface area contributed by atoms with Gasteiger partial charge in [0.1, 0.15) is 5.69 Å². The van der Waals surface area contributed by atoms with Gasteiger partial charge in [0, 0.05) is 6.07 Å². The molecular formula is C13H17ClN4O3. The number of aromatic nitrogens is 3. The van der Waals surface area contributed by atoms with Crippen molar-refractivity contribution in [1.29, 1.82) is 0 Å². The normalized spacial score (nSPS) is 13.3. The van der Waals surface area contributed by atoms with Crippen LogP contribution in [0.25, 0.3) is 5.65 Å². The minimum atomic E-state index is -0.888. The van der Waals surface area contributed by atoms with Crippen LogP contribution in [0.15, 0.2) is 18.5 Å². The molecule has 2 heterocycles. The number of carbonyl (C=O) groups excluding carboxylic acids is 1. The molecule has 7 nitrogen and oxygen atoms in total. The number of halogens is 1. The molecule has 2 rings (SSSR count). The molecule has 0 radical (unpaired) electrons. The summed E-state index contributed by atoms with van der Waals surface area (Å²) in [5.74, 6) is 0. The Morgan fingerprint density at radius 3 is 2.86 bits per heavy atom. The van der Waals surface area contributed by atoms with Crippen molar-refractivity contribution < 1.29 is 14.3 Å². The van der Waals surface area contributed by atoms with Gasteiger partial charge < -0.3 is 15.2 Å². The van der Waals surface area contributed by atoms with Crippen molar-refractivity contribution in [3.05, 3.63) is 29.2 Å². The maximum Gasteiger partial charge on any atom is 0.405 e. The zero-order valence-corrected chi connectivity index (χ0v) is 12.8. The molecule has 2 aromatic rings. The Hall–Kier alpha value is -1.86. The van der Waals surface area contributed by atoms with Crippen molar-refractivity contribution in [2.45, 2.75) is 32.5 Å². The third-order valence-electron chi connectivity index (χ3n) is 2.56. The minimum absolute atomic E-state index is 0.143. The summed E-state index contributed by atoms with van der Waals surface area (Å²) < 4.78 is 12.2. The molecule has 0 aliphatic heterocycles.